The van der Waals surface area contributed by atoms with Gasteiger partial charge in [0.05, 0.1) is 11.2 Å². The first-order valence-electron chi connectivity index (χ1n) is 9.65. The number of hydrogen-bond acceptors (Lipinski definition) is 5. The first kappa shape index (κ1) is 24.4. The molecule has 0 radical (unpaired) electrons. The Balaban J connectivity index is 1.99. The van der Waals surface area contributed by atoms with E-state index in [1.807, 2.05) is 0 Å². The lowest BCUT2D eigenvalue weighted by atomic mass is 9.80. The third-order valence-electron chi connectivity index (χ3n) is 4.63. The third-order valence-corrected chi connectivity index (χ3v) is 4.63. The molecule has 0 aliphatic heterocycles. The second kappa shape index (κ2) is 9.34. The zero-order valence-electron chi connectivity index (χ0n) is 17.3. The van der Waals surface area contributed by atoms with Crippen LogP contribution in [0.5, 0.6) is 11.5 Å². The SMILES string of the molecule is Cc1cc(CC(N)(c2cccc(OCC(F)(F)F)c2)c2cccc(OCC(F)(F)F)c2)on1. The van der Waals surface area contributed by atoms with Crippen molar-refractivity contribution in [3.8, 4) is 11.5 Å². The molecule has 0 saturated carbocycles. The molecule has 2 N–H and O–H groups in total. The summed E-state index contributed by atoms with van der Waals surface area (Å²) in [7, 11) is 0. The molecular formula is C22H20F6N2O3. The van der Waals surface area contributed by atoms with Gasteiger partial charge in [-0.1, -0.05) is 29.4 Å². The molecule has 0 saturated heterocycles. The number of nitrogens with zero attached hydrogens (tertiary/aromatic N) is 1. The van der Waals surface area contributed by atoms with Gasteiger partial charge in [0.2, 0.25) is 0 Å². The Hall–Kier alpha value is -3.21. The van der Waals surface area contributed by atoms with Crippen molar-refractivity contribution < 1.29 is 40.3 Å². The fraction of sp³-hybridized carbons (Fsp3) is 0.318. The highest BCUT2D eigenvalue weighted by Crippen LogP contribution is 2.35. The molecule has 0 bridgehead atoms. The molecule has 0 atom stereocenters. The van der Waals surface area contributed by atoms with E-state index in [1.165, 1.54) is 36.4 Å². The number of ether oxygens (including phenoxy) is 2. The van der Waals surface area contributed by atoms with E-state index < -0.39 is 31.1 Å². The molecule has 0 unspecified atom stereocenters. The molecule has 0 fully saturated rings. The molecule has 1 aromatic heterocycles. The van der Waals surface area contributed by atoms with Crippen LogP contribution < -0.4 is 15.2 Å². The van der Waals surface area contributed by atoms with E-state index in [1.54, 1.807) is 25.1 Å². The maximum absolute atomic E-state index is 12.6. The number of nitrogens with two attached hydrogens (primary N) is 1. The Kier molecular flexibility index (Phi) is 6.92. The van der Waals surface area contributed by atoms with Crippen LogP contribution in [0, 0.1) is 6.92 Å². The van der Waals surface area contributed by atoms with Gasteiger partial charge in [-0.2, -0.15) is 26.3 Å². The summed E-state index contributed by atoms with van der Waals surface area (Å²) < 4.78 is 90.3. The molecule has 2 aromatic carbocycles. The van der Waals surface area contributed by atoms with Crippen molar-refractivity contribution >= 4 is 0 Å². The Morgan fingerprint density at radius 3 is 1.70 bits per heavy atom. The summed E-state index contributed by atoms with van der Waals surface area (Å²) >= 11 is 0. The van der Waals surface area contributed by atoms with Crippen LogP contribution in [0.1, 0.15) is 22.6 Å². The maximum atomic E-state index is 12.6. The van der Waals surface area contributed by atoms with E-state index in [0.29, 0.717) is 22.6 Å². The van der Waals surface area contributed by atoms with Gasteiger partial charge < -0.3 is 19.7 Å². The summed E-state index contributed by atoms with van der Waals surface area (Å²) in [6.07, 6.45) is -9.05. The molecule has 0 spiro atoms. The molecule has 0 aliphatic rings. The van der Waals surface area contributed by atoms with E-state index in [4.69, 9.17) is 19.7 Å². The lowest BCUT2D eigenvalue weighted by Crippen LogP contribution is -2.40. The van der Waals surface area contributed by atoms with E-state index in [0.717, 1.165) is 0 Å². The monoisotopic (exact) mass is 474 g/mol. The second-order valence-corrected chi connectivity index (χ2v) is 7.45. The van der Waals surface area contributed by atoms with Crippen LogP contribution in [-0.2, 0) is 12.0 Å². The normalized spacial score (nSPS) is 12.6. The summed E-state index contributed by atoms with van der Waals surface area (Å²) in [5.41, 5.74) is 6.61. The average Bonchev–Trinajstić information content (AvgIpc) is 3.14. The molecule has 3 aromatic rings. The van der Waals surface area contributed by atoms with Gasteiger partial charge in [0, 0.05) is 12.5 Å². The Bertz CT molecular complexity index is 1020. The van der Waals surface area contributed by atoms with Crippen molar-refractivity contribution in [1.82, 2.24) is 5.16 Å². The zero-order chi connectivity index (χ0) is 24.3. The largest absolute Gasteiger partial charge is 0.484 e. The Morgan fingerprint density at radius 2 is 1.30 bits per heavy atom. The predicted octanol–water partition coefficient (Wildman–Crippen LogP) is 5.31. The smallest absolute Gasteiger partial charge is 0.422 e. The number of rotatable bonds is 8. The lowest BCUT2D eigenvalue weighted by molar-refractivity contribution is -0.154. The molecule has 1 heterocycles. The molecule has 33 heavy (non-hydrogen) atoms. The fourth-order valence-electron chi connectivity index (χ4n) is 3.20. The lowest BCUT2D eigenvalue weighted by Gasteiger charge is -2.30. The van der Waals surface area contributed by atoms with Crippen LogP contribution >= 0.6 is 0 Å². The number of halogens is 6. The molecule has 0 amide bonds. The van der Waals surface area contributed by atoms with Gasteiger partial charge in [0.25, 0.3) is 0 Å². The number of aromatic nitrogens is 1. The van der Waals surface area contributed by atoms with Crippen molar-refractivity contribution in [2.24, 2.45) is 5.73 Å². The van der Waals surface area contributed by atoms with Crippen LogP contribution in [0.2, 0.25) is 0 Å². The van der Waals surface area contributed by atoms with Crippen molar-refractivity contribution in [1.29, 1.82) is 0 Å². The third kappa shape index (κ3) is 6.88. The van der Waals surface area contributed by atoms with Crippen molar-refractivity contribution in [3.05, 3.63) is 77.2 Å². The highest BCUT2D eigenvalue weighted by atomic mass is 19.4. The molecule has 11 heteroatoms. The van der Waals surface area contributed by atoms with Gasteiger partial charge in [-0.15, -0.1) is 0 Å². The summed E-state index contributed by atoms with van der Waals surface area (Å²) in [4.78, 5) is 0. The summed E-state index contributed by atoms with van der Waals surface area (Å²) in [5, 5.41) is 3.81. The molecule has 5 nitrogen and oxygen atoms in total. The highest BCUT2D eigenvalue weighted by molar-refractivity contribution is 5.45. The summed E-state index contributed by atoms with van der Waals surface area (Å²) in [5.74, 6) is 0.231. The summed E-state index contributed by atoms with van der Waals surface area (Å²) in [6.45, 7) is -1.28. The maximum Gasteiger partial charge on any atom is 0.422 e. The molecule has 0 aliphatic carbocycles. The van der Waals surface area contributed by atoms with Crippen LogP contribution in [-0.4, -0.2) is 30.7 Å². The van der Waals surface area contributed by atoms with Crippen molar-refractivity contribution in [3.63, 3.8) is 0 Å². The molecule has 3 rings (SSSR count). The van der Waals surface area contributed by atoms with E-state index in [9.17, 15) is 26.3 Å². The number of benzene rings is 2. The van der Waals surface area contributed by atoms with E-state index in [-0.39, 0.29) is 17.9 Å². The van der Waals surface area contributed by atoms with Crippen LogP contribution in [0.4, 0.5) is 26.3 Å². The topological polar surface area (TPSA) is 70.5 Å². The van der Waals surface area contributed by atoms with Gasteiger partial charge in [-0.25, -0.2) is 0 Å². The van der Waals surface area contributed by atoms with E-state index in [2.05, 4.69) is 5.16 Å². The standard InChI is InChI=1S/C22H20F6N2O3/c1-14-8-19(33-30-14)11-20(29,15-4-2-6-17(9-15)31-12-21(23,24)25)16-5-3-7-18(10-16)32-13-22(26,27)28/h2-10H,11-13,29H2,1H3. The zero-order valence-corrected chi connectivity index (χ0v) is 17.3. The van der Waals surface area contributed by atoms with Crippen LogP contribution in [0.15, 0.2) is 59.1 Å². The van der Waals surface area contributed by atoms with Crippen molar-refractivity contribution in [2.75, 3.05) is 13.2 Å². The predicted molar refractivity (Wildman–Crippen MR) is 106 cm³/mol. The van der Waals surface area contributed by atoms with Crippen LogP contribution in [0.3, 0.4) is 0 Å². The van der Waals surface area contributed by atoms with Gasteiger partial charge in [0.15, 0.2) is 13.2 Å². The number of hydrogen-bond donors (Lipinski definition) is 1. The number of aryl methyl sites for hydroxylation is 1. The van der Waals surface area contributed by atoms with Gasteiger partial charge in [-0.05, 0) is 42.3 Å². The molecule has 178 valence electrons. The number of alkyl halides is 6. The van der Waals surface area contributed by atoms with Gasteiger partial charge >= 0.3 is 12.4 Å². The van der Waals surface area contributed by atoms with Crippen LogP contribution in [0.25, 0.3) is 0 Å². The minimum Gasteiger partial charge on any atom is -0.484 e. The second-order valence-electron chi connectivity index (χ2n) is 7.45. The molecular weight excluding hydrogens is 454 g/mol. The average molecular weight is 474 g/mol. The quantitative estimate of drug-likeness (QED) is 0.448. The Labute approximate surface area is 185 Å². The van der Waals surface area contributed by atoms with Gasteiger partial charge in [0.1, 0.15) is 17.3 Å². The first-order valence-corrected chi connectivity index (χ1v) is 9.65. The Morgan fingerprint density at radius 1 is 0.818 bits per heavy atom. The van der Waals surface area contributed by atoms with E-state index >= 15 is 0 Å². The minimum atomic E-state index is -4.53. The van der Waals surface area contributed by atoms with Crippen molar-refractivity contribution in [2.45, 2.75) is 31.2 Å². The minimum absolute atomic E-state index is 0.0132. The fourth-order valence-corrected chi connectivity index (χ4v) is 3.20. The summed E-state index contributed by atoms with van der Waals surface area (Å²) in [6, 6.07) is 13.1. The first-order chi connectivity index (χ1) is 15.3. The van der Waals surface area contributed by atoms with Gasteiger partial charge in [-0.3, -0.25) is 0 Å². The highest BCUT2D eigenvalue weighted by Gasteiger charge is 2.34.